The second-order valence-electron chi connectivity index (χ2n) is 4.81. The van der Waals surface area contributed by atoms with Crippen molar-refractivity contribution in [2.75, 3.05) is 19.7 Å². The Kier molecular flexibility index (Phi) is 5.15. The molecule has 0 radical (unpaired) electrons. The van der Waals surface area contributed by atoms with Crippen molar-refractivity contribution in [2.24, 2.45) is 5.41 Å². The maximum atomic E-state index is 11.0. The van der Waals surface area contributed by atoms with Gasteiger partial charge < -0.3 is 15.2 Å². The molecule has 114 valence electrons. The van der Waals surface area contributed by atoms with Crippen LogP contribution in [0, 0.1) is 5.41 Å². The van der Waals surface area contributed by atoms with Crippen molar-refractivity contribution in [1.29, 1.82) is 0 Å². The molecule has 0 bridgehead atoms. The van der Waals surface area contributed by atoms with Gasteiger partial charge in [0.2, 0.25) is 0 Å². The van der Waals surface area contributed by atoms with Gasteiger partial charge in [-0.2, -0.15) is 13.2 Å². The van der Waals surface area contributed by atoms with E-state index < -0.39 is 12.1 Å². The van der Waals surface area contributed by atoms with Gasteiger partial charge in [-0.3, -0.25) is 0 Å². The number of carboxylic acid groups (broad SMARTS) is 1. The zero-order chi connectivity index (χ0) is 15.4. The quantitative estimate of drug-likeness (QED) is 0.596. The van der Waals surface area contributed by atoms with Gasteiger partial charge in [0.25, 0.3) is 0 Å². The van der Waals surface area contributed by atoms with Gasteiger partial charge in [-0.25, -0.2) is 9.59 Å². The van der Waals surface area contributed by atoms with Gasteiger partial charge in [0.1, 0.15) is 0 Å². The van der Waals surface area contributed by atoms with Gasteiger partial charge in [0, 0.05) is 24.6 Å². The largest absolute Gasteiger partial charge is 0.490 e. The first-order valence-electron chi connectivity index (χ1n) is 6.05. The van der Waals surface area contributed by atoms with E-state index in [-0.39, 0.29) is 5.97 Å². The van der Waals surface area contributed by atoms with E-state index >= 15 is 0 Å². The normalized spacial score (nSPS) is 19.1. The number of rotatable bonds is 2. The van der Waals surface area contributed by atoms with Crippen molar-refractivity contribution in [2.45, 2.75) is 25.9 Å². The summed E-state index contributed by atoms with van der Waals surface area (Å²) in [7, 11) is 0. The lowest BCUT2D eigenvalue weighted by Gasteiger charge is -2.51. The van der Waals surface area contributed by atoms with E-state index in [2.05, 4.69) is 5.32 Å². The summed E-state index contributed by atoms with van der Waals surface area (Å²) in [5.41, 5.74) is 1.76. The van der Waals surface area contributed by atoms with Crippen molar-refractivity contribution in [3.8, 4) is 0 Å². The Morgan fingerprint density at radius 1 is 1.40 bits per heavy atom. The number of esters is 1. The molecular formula is C12H16F3NO4. The van der Waals surface area contributed by atoms with Crippen molar-refractivity contribution in [3.05, 3.63) is 11.6 Å². The van der Waals surface area contributed by atoms with Gasteiger partial charge in [0.15, 0.2) is 0 Å². The van der Waals surface area contributed by atoms with Crippen molar-refractivity contribution >= 4 is 11.9 Å². The SMILES string of the molecule is CCOC(=O)C=C1CC2(CNC2)C1.O=C(O)C(F)(F)F. The summed E-state index contributed by atoms with van der Waals surface area (Å²) in [6, 6.07) is 0. The number of aliphatic carboxylic acids is 1. The van der Waals surface area contributed by atoms with Gasteiger partial charge in [-0.1, -0.05) is 5.57 Å². The summed E-state index contributed by atoms with van der Waals surface area (Å²) < 4.78 is 36.6. The highest BCUT2D eigenvalue weighted by molar-refractivity contribution is 5.83. The first kappa shape index (κ1) is 16.5. The van der Waals surface area contributed by atoms with Crippen LogP contribution in [0.1, 0.15) is 19.8 Å². The highest BCUT2D eigenvalue weighted by atomic mass is 19.4. The van der Waals surface area contributed by atoms with Crippen LogP contribution in [-0.2, 0) is 14.3 Å². The van der Waals surface area contributed by atoms with Crippen LogP contribution in [0.15, 0.2) is 11.6 Å². The van der Waals surface area contributed by atoms with Crippen molar-refractivity contribution < 1.29 is 32.6 Å². The molecule has 0 aromatic heterocycles. The Hall–Kier alpha value is -1.57. The third-order valence-corrected chi connectivity index (χ3v) is 3.06. The lowest BCUT2D eigenvalue weighted by atomic mass is 9.62. The second kappa shape index (κ2) is 6.25. The van der Waals surface area contributed by atoms with Crippen molar-refractivity contribution in [3.63, 3.8) is 0 Å². The van der Waals surface area contributed by atoms with Crippen LogP contribution in [0.2, 0.25) is 0 Å². The third-order valence-electron chi connectivity index (χ3n) is 3.06. The molecule has 1 heterocycles. The molecule has 20 heavy (non-hydrogen) atoms. The van der Waals surface area contributed by atoms with Crippen LogP contribution in [0.5, 0.6) is 0 Å². The van der Waals surface area contributed by atoms with Crippen LogP contribution >= 0.6 is 0 Å². The first-order chi connectivity index (χ1) is 9.18. The standard InChI is InChI=1S/C10H15NO2.C2HF3O2/c1-2-13-9(12)3-8-4-10(5-8)6-11-7-10;3-2(4,5)1(6)7/h3,11H,2,4-7H2,1H3;(H,6,7). The fraction of sp³-hybridized carbons (Fsp3) is 0.667. The van der Waals surface area contributed by atoms with E-state index in [4.69, 9.17) is 14.6 Å². The lowest BCUT2D eigenvalue weighted by molar-refractivity contribution is -0.192. The molecule has 1 aliphatic heterocycles. The van der Waals surface area contributed by atoms with Crippen LogP contribution < -0.4 is 5.32 Å². The number of nitrogens with one attached hydrogen (secondary N) is 1. The van der Waals surface area contributed by atoms with Gasteiger partial charge in [-0.05, 0) is 19.8 Å². The molecule has 0 aromatic rings. The Bertz CT molecular complexity index is 403. The maximum absolute atomic E-state index is 11.0. The minimum absolute atomic E-state index is 0.181. The molecule has 1 saturated heterocycles. The van der Waals surface area contributed by atoms with E-state index in [0.29, 0.717) is 12.0 Å². The predicted molar refractivity (Wildman–Crippen MR) is 62.9 cm³/mol. The second-order valence-corrected chi connectivity index (χ2v) is 4.81. The Morgan fingerprint density at radius 2 is 1.90 bits per heavy atom. The van der Waals surface area contributed by atoms with Crippen LogP contribution in [-0.4, -0.2) is 42.9 Å². The summed E-state index contributed by atoms with van der Waals surface area (Å²) in [5.74, 6) is -2.94. The lowest BCUT2D eigenvalue weighted by Crippen LogP contribution is -2.58. The molecule has 0 aromatic carbocycles. The molecule has 0 atom stereocenters. The number of carbonyl (C=O) groups excluding carboxylic acids is 1. The Balaban J connectivity index is 0.000000246. The summed E-state index contributed by atoms with van der Waals surface area (Å²) in [6.07, 6.45) is -1.26. The highest BCUT2D eigenvalue weighted by Crippen LogP contribution is 2.47. The summed E-state index contributed by atoms with van der Waals surface area (Å²) >= 11 is 0. The zero-order valence-electron chi connectivity index (χ0n) is 10.9. The molecule has 1 spiro atoms. The minimum Gasteiger partial charge on any atom is -0.475 e. The topological polar surface area (TPSA) is 75.6 Å². The molecule has 1 saturated carbocycles. The van der Waals surface area contributed by atoms with Gasteiger partial charge in [-0.15, -0.1) is 0 Å². The van der Waals surface area contributed by atoms with E-state index in [0.717, 1.165) is 25.9 Å². The van der Waals surface area contributed by atoms with Gasteiger partial charge in [0.05, 0.1) is 6.61 Å². The van der Waals surface area contributed by atoms with Crippen LogP contribution in [0.3, 0.4) is 0 Å². The molecule has 1 aliphatic carbocycles. The maximum Gasteiger partial charge on any atom is 0.490 e. The average Bonchev–Trinajstić information content (AvgIpc) is 2.20. The molecular weight excluding hydrogens is 279 g/mol. The van der Waals surface area contributed by atoms with Gasteiger partial charge >= 0.3 is 18.1 Å². The fourth-order valence-electron chi connectivity index (χ4n) is 2.09. The molecule has 0 amide bonds. The smallest absolute Gasteiger partial charge is 0.475 e. The van der Waals surface area contributed by atoms with Crippen molar-refractivity contribution in [1.82, 2.24) is 5.32 Å². The first-order valence-corrected chi connectivity index (χ1v) is 6.05. The predicted octanol–water partition coefficient (Wildman–Crippen LogP) is 1.49. The number of ether oxygens (including phenoxy) is 1. The number of carboxylic acids is 1. The Morgan fingerprint density at radius 3 is 2.20 bits per heavy atom. The highest BCUT2D eigenvalue weighted by Gasteiger charge is 2.45. The zero-order valence-corrected chi connectivity index (χ0v) is 10.9. The van der Waals surface area contributed by atoms with E-state index in [1.807, 2.05) is 6.92 Å². The summed E-state index contributed by atoms with van der Waals surface area (Å²) in [4.78, 5) is 19.9. The van der Waals surface area contributed by atoms with Crippen LogP contribution in [0.25, 0.3) is 0 Å². The molecule has 2 rings (SSSR count). The number of allylic oxidation sites excluding steroid dienone is 1. The van der Waals surface area contributed by atoms with E-state index in [1.54, 1.807) is 6.08 Å². The minimum atomic E-state index is -5.08. The van der Waals surface area contributed by atoms with E-state index in [1.165, 1.54) is 5.57 Å². The molecule has 2 N–H and O–H groups in total. The number of hydrogen-bond acceptors (Lipinski definition) is 4. The summed E-state index contributed by atoms with van der Waals surface area (Å²) in [6.45, 7) is 4.53. The number of carbonyl (C=O) groups is 2. The Labute approximate surface area is 113 Å². The molecule has 0 unspecified atom stereocenters. The molecule has 8 heteroatoms. The molecule has 5 nitrogen and oxygen atoms in total. The number of halogens is 3. The monoisotopic (exact) mass is 295 g/mol. The van der Waals surface area contributed by atoms with Crippen LogP contribution in [0.4, 0.5) is 13.2 Å². The third kappa shape index (κ3) is 4.52. The fourth-order valence-corrected chi connectivity index (χ4v) is 2.09. The van der Waals surface area contributed by atoms with E-state index in [9.17, 15) is 18.0 Å². The number of hydrogen-bond donors (Lipinski definition) is 2. The number of alkyl halides is 3. The average molecular weight is 295 g/mol. The molecule has 2 fully saturated rings. The summed E-state index contributed by atoms with van der Waals surface area (Å²) in [5, 5.41) is 10.4. The molecule has 2 aliphatic rings.